The number of hydrogen-bond donors (Lipinski definition) is 1. The molecule has 0 spiro atoms. The molecule has 0 radical (unpaired) electrons. The zero-order valence-corrected chi connectivity index (χ0v) is 21.0. The number of ether oxygens (including phenoxy) is 1. The number of amides is 1. The SMILES string of the molecule is CCN(CC1CCN(C(=O)C(C)(C)NS(C)(=O)=O)CC1)[C@@H](C)Cc1ccc2c(c1)CCO2. The molecule has 3 rings (SSSR count). The average Bonchev–Trinajstić information content (AvgIpc) is 3.18. The van der Waals surface area contributed by atoms with Crippen molar-refractivity contribution in [3.63, 3.8) is 0 Å². The van der Waals surface area contributed by atoms with Crippen LogP contribution in [0.25, 0.3) is 0 Å². The van der Waals surface area contributed by atoms with Crippen LogP contribution in [0.2, 0.25) is 0 Å². The Kier molecular flexibility index (Phi) is 7.89. The molecule has 1 atom stereocenters. The Morgan fingerprint density at radius 3 is 2.62 bits per heavy atom. The quantitative estimate of drug-likeness (QED) is 0.606. The number of nitrogens with zero attached hydrogens (tertiary/aromatic N) is 2. The smallest absolute Gasteiger partial charge is 0.243 e. The summed E-state index contributed by atoms with van der Waals surface area (Å²) in [7, 11) is -3.45. The Morgan fingerprint density at radius 1 is 1.31 bits per heavy atom. The van der Waals surface area contributed by atoms with Crippen molar-refractivity contribution >= 4 is 15.9 Å². The van der Waals surface area contributed by atoms with E-state index in [1.54, 1.807) is 18.7 Å². The summed E-state index contributed by atoms with van der Waals surface area (Å²) in [5.74, 6) is 1.42. The number of piperidine rings is 1. The third-order valence-electron chi connectivity index (χ3n) is 6.68. The number of carbonyl (C=O) groups is 1. The lowest BCUT2D eigenvalue weighted by Gasteiger charge is -2.39. The first-order valence-corrected chi connectivity index (χ1v) is 13.6. The number of hydrogen-bond acceptors (Lipinski definition) is 5. The van der Waals surface area contributed by atoms with Crippen LogP contribution in [-0.2, 0) is 27.7 Å². The summed E-state index contributed by atoms with van der Waals surface area (Å²) in [6, 6.07) is 7.03. The van der Waals surface area contributed by atoms with Gasteiger partial charge < -0.3 is 14.5 Å². The van der Waals surface area contributed by atoms with Crippen LogP contribution in [-0.4, -0.2) is 74.7 Å². The molecule has 1 fully saturated rings. The van der Waals surface area contributed by atoms with E-state index in [4.69, 9.17) is 4.74 Å². The van der Waals surface area contributed by atoms with E-state index in [0.717, 1.165) is 57.4 Å². The maximum absolute atomic E-state index is 12.9. The van der Waals surface area contributed by atoms with Crippen molar-refractivity contribution in [2.45, 2.75) is 65.0 Å². The van der Waals surface area contributed by atoms with Crippen LogP contribution in [0.15, 0.2) is 18.2 Å². The highest BCUT2D eigenvalue weighted by Gasteiger charge is 2.36. The van der Waals surface area contributed by atoms with Crippen molar-refractivity contribution in [2.75, 3.05) is 39.0 Å². The number of likely N-dealkylation sites (tertiary alicyclic amines) is 1. The van der Waals surface area contributed by atoms with E-state index in [0.29, 0.717) is 25.0 Å². The highest BCUT2D eigenvalue weighted by atomic mass is 32.2. The van der Waals surface area contributed by atoms with E-state index < -0.39 is 15.6 Å². The molecule has 7 nitrogen and oxygen atoms in total. The topological polar surface area (TPSA) is 79.0 Å². The van der Waals surface area contributed by atoms with Gasteiger partial charge in [0.2, 0.25) is 15.9 Å². The van der Waals surface area contributed by atoms with Gasteiger partial charge in [-0.15, -0.1) is 0 Å². The summed E-state index contributed by atoms with van der Waals surface area (Å²) in [4.78, 5) is 17.2. The molecule has 2 heterocycles. The van der Waals surface area contributed by atoms with Crippen LogP contribution >= 0.6 is 0 Å². The Bertz CT molecular complexity index is 908. The number of benzene rings is 1. The lowest BCUT2D eigenvalue weighted by Crippen LogP contribution is -2.57. The van der Waals surface area contributed by atoms with Crippen LogP contribution in [0.1, 0.15) is 51.7 Å². The predicted octanol–water partition coefficient (Wildman–Crippen LogP) is 2.44. The molecule has 0 saturated carbocycles. The van der Waals surface area contributed by atoms with Gasteiger partial charge in [0.15, 0.2) is 0 Å². The van der Waals surface area contributed by atoms with Crippen molar-refractivity contribution < 1.29 is 17.9 Å². The summed E-state index contributed by atoms with van der Waals surface area (Å²) < 4.78 is 31.3. The van der Waals surface area contributed by atoms with E-state index in [-0.39, 0.29) is 5.91 Å². The first-order valence-electron chi connectivity index (χ1n) is 11.8. The number of nitrogens with one attached hydrogen (secondary N) is 1. The molecular weight excluding hydrogens is 426 g/mol. The predicted molar refractivity (Wildman–Crippen MR) is 127 cm³/mol. The van der Waals surface area contributed by atoms with Gasteiger partial charge in [0.05, 0.1) is 12.9 Å². The molecular formula is C24H39N3O4S. The number of fused-ring (bicyclic) bond motifs is 1. The fraction of sp³-hybridized carbons (Fsp3) is 0.708. The number of sulfonamides is 1. The van der Waals surface area contributed by atoms with Gasteiger partial charge >= 0.3 is 0 Å². The second-order valence-corrected chi connectivity index (χ2v) is 11.7. The molecule has 1 amide bonds. The van der Waals surface area contributed by atoms with E-state index in [9.17, 15) is 13.2 Å². The normalized spacial score (nSPS) is 18.5. The molecule has 1 aromatic rings. The molecule has 8 heteroatoms. The Balaban J connectivity index is 1.51. The number of rotatable bonds is 9. The van der Waals surface area contributed by atoms with E-state index in [2.05, 4.69) is 41.7 Å². The molecule has 0 aliphatic carbocycles. The third-order valence-corrected chi connectivity index (χ3v) is 7.57. The molecule has 2 aliphatic rings. The minimum Gasteiger partial charge on any atom is -0.493 e. The van der Waals surface area contributed by atoms with E-state index in [1.165, 1.54) is 11.1 Å². The van der Waals surface area contributed by atoms with Gasteiger partial charge in [-0.1, -0.05) is 19.1 Å². The molecule has 1 saturated heterocycles. The highest BCUT2D eigenvalue weighted by Crippen LogP contribution is 2.27. The lowest BCUT2D eigenvalue weighted by atomic mass is 9.93. The monoisotopic (exact) mass is 465 g/mol. The average molecular weight is 466 g/mol. The summed E-state index contributed by atoms with van der Waals surface area (Å²) in [6.07, 6.45) is 5.00. The van der Waals surface area contributed by atoms with Gasteiger partial charge in [-0.3, -0.25) is 4.79 Å². The molecule has 32 heavy (non-hydrogen) atoms. The highest BCUT2D eigenvalue weighted by molar-refractivity contribution is 7.88. The number of carbonyl (C=O) groups excluding carboxylic acids is 1. The Morgan fingerprint density at radius 2 is 2.00 bits per heavy atom. The zero-order chi connectivity index (χ0) is 23.5. The number of likely N-dealkylation sites (N-methyl/N-ethyl adjacent to an activating group) is 1. The van der Waals surface area contributed by atoms with Crippen molar-refractivity contribution in [3.8, 4) is 5.75 Å². The minimum absolute atomic E-state index is 0.150. The lowest BCUT2D eigenvalue weighted by molar-refractivity contribution is -0.137. The maximum Gasteiger partial charge on any atom is 0.243 e. The summed E-state index contributed by atoms with van der Waals surface area (Å²) in [6.45, 7) is 11.9. The second kappa shape index (κ2) is 10.1. The standard InChI is InChI=1S/C24H39N3O4S/c1-6-26(18(2)15-20-7-8-22-21(16-20)11-14-31-22)17-19-9-12-27(13-10-19)23(28)24(3,4)25-32(5,29)30/h7-8,16,18-19,25H,6,9-15,17H2,1-5H3/t18-/m0/s1. The largest absolute Gasteiger partial charge is 0.493 e. The zero-order valence-electron chi connectivity index (χ0n) is 20.2. The van der Waals surface area contributed by atoms with Crippen LogP contribution in [0.3, 0.4) is 0 Å². The van der Waals surface area contributed by atoms with Crippen LogP contribution < -0.4 is 9.46 Å². The van der Waals surface area contributed by atoms with Gasteiger partial charge in [-0.05, 0) is 69.7 Å². The summed E-state index contributed by atoms with van der Waals surface area (Å²) in [5.41, 5.74) is 1.56. The molecule has 180 valence electrons. The maximum atomic E-state index is 12.9. The molecule has 2 aliphatic heterocycles. The first-order chi connectivity index (χ1) is 15.0. The van der Waals surface area contributed by atoms with Crippen molar-refractivity contribution in [1.29, 1.82) is 0 Å². The van der Waals surface area contributed by atoms with Gasteiger partial charge in [0.25, 0.3) is 0 Å². The minimum atomic E-state index is -3.45. The molecule has 0 unspecified atom stereocenters. The Labute approximate surface area is 193 Å². The van der Waals surface area contributed by atoms with Crippen LogP contribution in [0.5, 0.6) is 5.75 Å². The molecule has 0 aromatic heterocycles. The van der Waals surface area contributed by atoms with E-state index in [1.807, 2.05) is 0 Å². The molecule has 1 aromatic carbocycles. The van der Waals surface area contributed by atoms with Gasteiger partial charge in [0.1, 0.15) is 11.3 Å². The fourth-order valence-corrected chi connectivity index (χ4v) is 6.02. The van der Waals surface area contributed by atoms with Gasteiger partial charge in [0, 0.05) is 32.1 Å². The van der Waals surface area contributed by atoms with E-state index >= 15 is 0 Å². The van der Waals surface area contributed by atoms with Crippen LogP contribution in [0, 0.1) is 5.92 Å². The summed E-state index contributed by atoms with van der Waals surface area (Å²) in [5, 5.41) is 0. The summed E-state index contributed by atoms with van der Waals surface area (Å²) >= 11 is 0. The van der Waals surface area contributed by atoms with Crippen LogP contribution in [0.4, 0.5) is 0 Å². The first kappa shape index (κ1) is 25.0. The molecule has 0 bridgehead atoms. The molecule has 1 N–H and O–H groups in total. The fourth-order valence-electron chi connectivity index (χ4n) is 5.01. The van der Waals surface area contributed by atoms with Gasteiger partial charge in [-0.25, -0.2) is 13.1 Å². The third kappa shape index (κ3) is 6.45. The second-order valence-electron chi connectivity index (χ2n) is 9.92. The van der Waals surface area contributed by atoms with Gasteiger partial charge in [-0.2, -0.15) is 0 Å². The Hall–Kier alpha value is -1.64. The van der Waals surface area contributed by atoms with Crippen molar-refractivity contribution in [3.05, 3.63) is 29.3 Å². The van der Waals surface area contributed by atoms with Crippen molar-refractivity contribution in [2.24, 2.45) is 5.92 Å². The van der Waals surface area contributed by atoms with Crippen molar-refractivity contribution in [1.82, 2.24) is 14.5 Å².